The zero-order valence-electron chi connectivity index (χ0n) is 12.8. The third-order valence-electron chi connectivity index (χ3n) is 4.04. The lowest BCUT2D eigenvalue weighted by Crippen LogP contribution is -2.37. The van der Waals surface area contributed by atoms with Crippen molar-refractivity contribution in [3.05, 3.63) is 47.8 Å². The highest BCUT2D eigenvalue weighted by Crippen LogP contribution is 2.24. The van der Waals surface area contributed by atoms with Gasteiger partial charge in [0, 0.05) is 38.4 Å². The van der Waals surface area contributed by atoms with E-state index in [0.717, 1.165) is 19.0 Å². The molecule has 1 fully saturated rings. The molecular formula is C16H17FN4O2. The van der Waals surface area contributed by atoms with Crippen LogP contribution in [0.3, 0.4) is 0 Å². The summed E-state index contributed by atoms with van der Waals surface area (Å²) in [5, 5.41) is 3.99. The third kappa shape index (κ3) is 3.28. The Morgan fingerprint density at radius 1 is 1.30 bits per heavy atom. The molecule has 0 saturated carbocycles. The molecule has 120 valence electrons. The summed E-state index contributed by atoms with van der Waals surface area (Å²) in [5.41, 5.74) is 0.755. The summed E-state index contributed by atoms with van der Waals surface area (Å²) in [5.74, 6) is -0.864. The van der Waals surface area contributed by atoms with E-state index in [1.165, 1.54) is 18.5 Å². The summed E-state index contributed by atoms with van der Waals surface area (Å²) in [6.45, 7) is 0.570. The van der Waals surface area contributed by atoms with E-state index in [9.17, 15) is 14.0 Å². The SMILES string of the molecule is Cn1cc(C(=O)CC2CCCN2C(=O)c2cncc(F)c2)cn1. The Balaban J connectivity index is 1.72. The molecule has 1 atom stereocenters. The van der Waals surface area contributed by atoms with Crippen molar-refractivity contribution in [1.82, 2.24) is 19.7 Å². The van der Waals surface area contributed by atoms with Crippen molar-refractivity contribution < 1.29 is 14.0 Å². The summed E-state index contributed by atoms with van der Waals surface area (Å²) in [7, 11) is 1.75. The molecular weight excluding hydrogens is 299 g/mol. The molecule has 0 radical (unpaired) electrons. The van der Waals surface area contributed by atoms with E-state index in [1.807, 2.05) is 0 Å². The molecule has 2 aromatic heterocycles. The maximum atomic E-state index is 13.2. The van der Waals surface area contributed by atoms with E-state index in [0.29, 0.717) is 12.1 Å². The van der Waals surface area contributed by atoms with Crippen LogP contribution in [0.15, 0.2) is 30.9 Å². The highest BCUT2D eigenvalue weighted by molar-refractivity contribution is 5.97. The third-order valence-corrected chi connectivity index (χ3v) is 4.04. The zero-order chi connectivity index (χ0) is 16.4. The van der Waals surface area contributed by atoms with E-state index in [4.69, 9.17) is 0 Å². The molecule has 3 heterocycles. The molecule has 23 heavy (non-hydrogen) atoms. The van der Waals surface area contributed by atoms with Crippen LogP contribution in [0.25, 0.3) is 0 Å². The fourth-order valence-electron chi connectivity index (χ4n) is 2.91. The number of rotatable bonds is 4. The first-order chi connectivity index (χ1) is 11.0. The van der Waals surface area contributed by atoms with Crippen LogP contribution >= 0.6 is 0 Å². The molecule has 0 N–H and O–H groups in total. The van der Waals surface area contributed by atoms with E-state index in [1.54, 1.807) is 22.8 Å². The minimum Gasteiger partial charge on any atom is -0.335 e. The van der Waals surface area contributed by atoms with Crippen molar-refractivity contribution in [1.29, 1.82) is 0 Å². The second-order valence-electron chi connectivity index (χ2n) is 5.72. The van der Waals surface area contributed by atoms with Crippen LogP contribution in [0.2, 0.25) is 0 Å². The van der Waals surface area contributed by atoms with Gasteiger partial charge in [-0.05, 0) is 18.9 Å². The van der Waals surface area contributed by atoms with Crippen molar-refractivity contribution >= 4 is 11.7 Å². The number of aryl methyl sites for hydroxylation is 1. The Hall–Kier alpha value is -2.57. The van der Waals surface area contributed by atoms with Gasteiger partial charge in [-0.2, -0.15) is 5.10 Å². The minimum atomic E-state index is -0.543. The maximum absolute atomic E-state index is 13.2. The number of pyridine rings is 1. The Morgan fingerprint density at radius 3 is 2.83 bits per heavy atom. The normalized spacial score (nSPS) is 17.5. The highest BCUT2D eigenvalue weighted by Gasteiger charge is 2.31. The number of carbonyl (C=O) groups is 2. The van der Waals surface area contributed by atoms with Gasteiger partial charge in [-0.15, -0.1) is 0 Å². The number of hydrogen-bond donors (Lipinski definition) is 0. The summed E-state index contributed by atoms with van der Waals surface area (Å²) in [6.07, 6.45) is 7.45. The van der Waals surface area contributed by atoms with Gasteiger partial charge >= 0.3 is 0 Å². The number of aromatic nitrogens is 3. The van der Waals surface area contributed by atoms with Crippen LogP contribution in [0, 0.1) is 5.82 Å². The molecule has 0 aliphatic carbocycles. The zero-order valence-corrected chi connectivity index (χ0v) is 12.8. The first-order valence-corrected chi connectivity index (χ1v) is 7.48. The van der Waals surface area contributed by atoms with E-state index < -0.39 is 5.82 Å². The van der Waals surface area contributed by atoms with Gasteiger partial charge < -0.3 is 4.90 Å². The van der Waals surface area contributed by atoms with Gasteiger partial charge in [-0.3, -0.25) is 19.3 Å². The van der Waals surface area contributed by atoms with Crippen LogP contribution in [-0.2, 0) is 7.05 Å². The molecule has 1 saturated heterocycles. The fraction of sp³-hybridized carbons (Fsp3) is 0.375. The predicted octanol–water partition coefficient (Wildman–Crippen LogP) is 1.83. The minimum absolute atomic E-state index is 0.0415. The number of nitrogens with zero attached hydrogens (tertiary/aromatic N) is 4. The summed E-state index contributed by atoms with van der Waals surface area (Å²) in [4.78, 5) is 30.2. The van der Waals surface area contributed by atoms with Crippen LogP contribution in [0.5, 0.6) is 0 Å². The Labute approximate surface area is 132 Å². The average Bonchev–Trinajstić information content (AvgIpc) is 3.15. The summed E-state index contributed by atoms with van der Waals surface area (Å²) < 4.78 is 14.8. The van der Waals surface area contributed by atoms with Crippen molar-refractivity contribution in [3.63, 3.8) is 0 Å². The number of halogens is 1. The molecule has 1 aliphatic heterocycles. The number of ketones is 1. The van der Waals surface area contributed by atoms with Gasteiger partial charge in [0.1, 0.15) is 5.82 Å². The Kier molecular flexibility index (Phi) is 4.18. The largest absolute Gasteiger partial charge is 0.335 e. The van der Waals surface area contributed by atoms with Gasteiger partial charge in [0.2, 0.25) is 0 Å². The van der Waals surface area contributed by atoms with Gasteiger partial charge in [0.05, 0.1) is 23.5 Å². The lowest BCUT2D eigenvalue weighted by molar-refractivity contribution is 0.0716. The lowest BCUT2D eigenvalue weighted by Gasteiger charge is -2.24. The molecule has 3 rings (SSSR count). The molecule has 0 aromatic carbocycles. The molecule has 7 heteroatoms. The second-order valence-corrected chi connectivity index (χ2v) is 5.72. The van der Waals surface area contributed by atoms with Gasteiger partial charge in [0.25, 0.3) is 5.91 Å². The average molecular weight is 316 g/mol. The topological polar surface area (TPSA) is 68.1 Å². The number of amides is 1. The van der Waals surface area contributed by atoms with Gasteiger partial charge in [-0.1, -0.05) is 0 Å². The van der Waals surface area contributed by atoms with Crippen molar-refractivity contribution in [2.24, 2.45) is 7.05 Å². The molecule has 2 aromatic rings. The lowest BCUT2D eigenvalue weighted by atomic mass is 10.0. The van der Waals surface area contributed by atoms with Crippen LogP contribution < -0.4 is 0 Å². The molecule has 0 spiro atoms. The molecule has 1 aliphatic rings. The van der Waals surface area contributed by atoms with Crippen LogP contribution in [-0.4, -0.2) is 43.9 Å². The quantitative estimate of drug-likeness (QED) is 0.807. The first-order valence-electron chi connectivity index (χ1n) is 7.48. The second kappa shape index (κ2) is 6.28. The fourth-order valence-corrected chi connectivity index (χ4v) is 2.91. The maximum Gasteiger partial charge on any atom is 0.255 e. The van der Waals surface area contributed by atoms with Crippen molar-refractivity contribution in [2.45, 2.75) is 25.3 Å². The highest BCUT2D eigenvalue weighted by atomic mass is 19.1. The van der Waals surface area contributed by atoms with Crippen molar-refractivity contribution in [2.75, 3.05) is 6.54 Å². The first kappa shape index (κ1) is 15.3. The number of Topliss-reactive ketones (excluding diaryl/α,β-unsaturated/α-hetero) is 1. The standard InChI is InChI=1S/C16H17FN4O2/c1-20-10-12(8-19-20)15(22)6-14-3-2-4-21(14)16(23)11-5-13(17)9-18-7-11/h5,7-10,14H,2-4,6H2,1H3. The molecule has 1 unspecified atom stereocenters. The van der Waals surface area contributed by atoms with Crippen LogP contribution in [0.1, 0.15) is 40.0 Å². The van der Waals surface area contributed by atoms with E-state index in [2.05, 4.69) is 10.1 Å². The molecule has 6 nitrogen and oxygen atoms in total. The summed E-state index contributed by atoms with van der Waals surface area (Å²) >= 11 is 0. The smallest absolute Gasteiger partial charge is 0.255 e. The van der Waals surface area contributed by atoms with Crippen molar-refractivity contribution in [3.8, 4) is 0 Å². The Bertz CT molecular complexity index is 743. The van der Waals surface area contributed by atoms with E-state index in [-0.39, 0.29) is 29.7 Å². The Morgan fingerprint density at radius 2 is 2.13 bits per heavy atom. The predicted molar refractivity (Wildman–Crippen MR) is 80.4 cm³/mol. The van der Waals surface area contributed by atoms with Gasteiger partial charge in [-0.25, -0.2) is 4.39 Å². The number of carbonyl (C=O) groups excluding carboxylic acids is 2. The van der Waals surface area contributed by atoms with E-state index >= 15 is 0 Å². The monoisotopic (exact) mass is 316 g/mol. The molecule has 0 bridgehead atoms. The molecule has 1 amide bonds. The summed E-state index contributed by atoms with van der Waals surface area (Å²) in [6, 6.07) is 1.01. The number of likely N-dealkylation sites (tertiary alicyclic amines) is 1. The van der Waals surface area contributed by atoms with Gasteiger partial charge in [0.15, 0.2) is 5.78 Å². The van der Waals surface area contributed by atoms with Crippen LogP contribution in [0.4, 0.5) is 4.39 Å². The number of hydrogen-bond acceptors (Lipinski definition) is 4.